The summed E-state index contributed by atoms with van der Waals surface area (Å²) in [5.74, 6) is -1.65. The highest BCUT2D eigenvalue weighted by molar-refractivity contribution is 6.02. The number of nitrogens with one attached hydrogen (secondary N) is 2. The Morgan fingerprint density at radius 1 is 1.13 bits per heavy atom. The zero-order valence-electron chi connectivity index (χ0n) is 13.4. The van der Waals surface area contributed by atoms with Crippen LogP contribution < -0.4 is 5.32 Å². The second-order valence-corrected chi connectivity index (χ2v) is 6.27. The molecule has 0 aliphatic rings. The van der Waals surface area contributed by atoms with E-state index in [1.54, 1.807) is 30.5 Å². The molecule has 0 spiro atoms. The van der Waals surface area contributed by atoms with E-state index >= 15 is 0 Å². The summed E-state index contributed by atoms with van der Waals surface area (Å²) in [4.78, 5) is 26.4. The van der Waals surface area contributed by atoms with Crippen molar-refractivity contribution in [3.8, 4) is 0 Å². The summed E-state index contributed by atoms with van der Waals surface area (Å²) < 4.78 is 0. The number of amides is 1. The fraction of sp³-hybridized carbons (Fsp3) is 0.222. The largest absolute Gasteiger partial charge is 0.477 e. The number of hydrogen-bond donors (Lipinski definition) is 3. The van der Waals surface area contributed by atoms with Crippen molar-refractivity contribution < 1.29 is 14.7 Å². The molecule has 0 radical (unpaired) electrons. The molecule has 120 valence electrons. The molecule has 5 heteroatoms. The molecule has 1 aromatic heterocycles. The molecule has 0 aliphatic carbocycles. The predicted molar refractivity (Wildman–Crippen MR) is 89.0 cm³/mol. The zero-order valence-corrected chi connectivity index (χ0v) is 13.4. The second-order valence-electron chi connectivity index (χ2n) is 6.27. The fourth-order valence-electron chi connectivity index (χ4n) is 2.06. The van der Waals surface area contributed by atoms with Crippen molar-refractivity contribution in [3.05, 3.63) is 65.1 Å². The second kappa shape index (κ2) is 6.52. The van der Waals surface area contributed by atoms with E-state index in [0.29, 0.717) is 11.3 Å². The third-order valence-corrected chi connectivity index (χ3v) is 3.41. The number of aromatic amines is 1. The van der Waals surface area contributed by atoms with Crippen LogP contribution in [0.3, 0.4) is 0 Å². The molecule has 0 unspecified atom stereocenters. The Balaban J connectivity index is 2.18. The molecule has 23 heavy (non-hydrogen) atoms. The Morgan fingerprint density at radius 2 is 1.78 bits per heavy atom. The highest BCUT2D eigenvalue weighted by Crippen LogP contribution is 2.22. The maximum absolute atomic E-state index is 12.2. The maximum atomic E-state index is 12.2. The van der Waals surface area contributed by atoms with Gasteiger partial charge in [-0.25, -0.2) is 4.79 Å². The Hall–Kier alpha value is -2.82. The predicted octanol–water partition coefficient (Wildman–Crippen LogP) is 3.17. The highest BCUT2D eigenvalue weighted by atomic mass is 16.4. The van der Waals surface area contributed by atoms with Gasteiger partial charge in [0.25, 0.3) is 5.91 Å². The molecule has 0 saturated carbocycles. The maximum Gasteiger partial charge on any atom is 0.352 e. The quantitative estimate of drug-likeness (QED) is 0.758. The Labute approximate surface area is 135 Å². The van der Waals surface area contributed by atoms with Crippen molar-refractivity contribution in [2.75, 3.05) is 0 Å². The summed E-state index contributed by atoms with van der Waals surface area (Å²) >= 11 is 0. The number of carbonyl (C=O) groups is 2. The standard InChI is InChI=1S/C18H20N2O3/c1-18(2,3)13-8-6-12(7-9-13)16(21)20-15(17(22)23)11-14-5-4-10-19-14/h4-11,19H,1-3H3,(H,20,21)(H,22,23). The topological polar surface area (TPSA) is 82.2 Å². The van der Waals surface area contributed by atoms with Crippen molar-refractivity contribution >= 4 is 18.0 Å². The summed E-state index contributed by atoms with van der Waals surface area (Å²) in [6, 6.07) is 10.6. The normalized spacial score (nSPS) is 12.0. The van der Waals surface area contributed by atoms with Crippen LogP contribution in [0.5, 0.6) is 0 Å². The van der Waals surface area contributed by atoms with Crippen LogP contribution in [0.15, 0.2) is 48.3 Å². The number of aliphatic carboxylic acids is 1. The van der Waals surface area contributed by atoms with Crippen molar-refractivity contribution in [2.24, 2.45) is 0 Å². The van der Waals surface area contributed by atoms with E-state index in [4.69, 9.17) is 0 Å². The molecule has 1 heterocycles. The van der Waals surface area contributed by atoms with Crippen LogP contribution in [0, 0.1) is 0 Å². The number of hydrogen-bond acceptors (Lipinski definition) is 2. The SMILES string of the molecule is CC(C)(C)c1ccc(C(=O)NC(=Cc2ccc[nH]2)C(=O)O)cc1. The minimum absolute atomic E-state index is 0.00521. The van der Waals surface area contributed by atoms with E-state index in [1.165, 1.54) is 6.08 Å². The van der Waals surface area contributed by atoms with Gasteiger partial charge in [-0.1, -0.05) is 32.9 Å². The average Bonchev–Trinajstić information content (AvgIpc) is 2.98. The van der Waals surface area contributed by atoms with Crippen LogP contribution >= 0.6 is 0 Å². The highest BCUT2D eigenvalue weighted by Gasteiger charge is 2.16. The molecule has 0 saturated heterocycles. The summed E-state index contributed by atoms with van der Waals surface area (Å²) in [6.07, 6.45) is 3.06. The van der Waals surface area contributed by atoms with Crippen molar-refractivity contribution in [3.63, 3.8) is 0 Å². The molecular formula is C18H20N2O3. The van der Waals surface area contributed by atoms with Gasteiger partial charge in [0, 0.05) is 17.5 Å². The lowest BCUT2D eigenvalue weighted by Crippen LogP contribution is -2.27. The molecule has 0 fully saturated rings. The van der Waals surface area contributed by atoms with E-state index in [-0.39, 0.29) is 11.1 Å². The monoisotopic (exact) mass is 312 g/mol. The molecule has 2 rings (SSSR count). The lowest BCUT2D eigenvalue weighted by Gasteiger charge is -2.19. The molecule has 1 aromatic carbocycles. The molecule has 3 N–H and O–H groups in total. The number of carbonyl (C=O) groups excluding carboxylic acids is 1. The van der Waals surface area contributed by atoms with Crippen LogP contribution in [0.4, 0.5) is 0 Å². The lowest BCUT2D eigenvalue weighted by atomic mass is 9.87. The third-order valence-electron chi connectivity index (χ3n) is 3.41. The van der Waals surface area contributed by atoms with Crippen LogP contribution in [-0.2, 0) is 10.2 Å². The number of aromatic nitrogens is 1. The van der Waals surface area contributed by atoms with Gasteiger partial charge in [0.2, 0.25) is 0 Å². The van der Waals surface area contributed by atoms with Gasteiger partial charge in [0.15, 0.2) is 0 Å². The van der Waals surface area contributed by atoms with Crippen LogP contribution in [0.2, 0.25) is 0 Å². The van der Waals surface area contributed by atoms with Gasteiger partial charge < -0.3 is 15.4 Å². The molecule has 5 nitrogen and oxygen atoms in total. The molecular weight excluding hydrogens is 292 g/mol. The minimum Gasteiger partial charge on any atom is -0.477 e. The summed E-state index contributed by atoms with van der Waals surface area (Å²) in [6.45, 7) is 6.26. The number of H-pyrrole nitrogens is 1. The zero-order chi connectivity index (χ0) is 17.0. The Bertz CT molecular complexity index is 721. The molecule has 1 amide bonds. The van der Waals surface area contributed by atoms with Gasteiger partial charge in [0.1, 0.15) is 5.70 Å². The molecule has 0 atom stereocenters. The smallest absolute Gasteiger partial charge is 0.352 e. The number of carboxylic acid groups (broad SMARTS) is 1. The van der Waals surface area contributed by atoms with Gasteiger partial charge >= 0.3 is 5.97 Å². The van der Waals surface area contributed by atoms with Gasteiger partial charge in [-0.2, -0.15) is 0 Å². The first kappa shape index (κ1) is 16.5. The first-order chi connectivity index (χ1) is 10.8. The lowest BCUT2D eigenvalue weighted by molar-refractivity contribution is -0.132. The minimum atomic E-state index is -1.20. The molecule has 2 aromatic rings. The third kappa shape index (κ3) is 4.32. The average molecular weight is 312 g/mol. The van der Waals surface area contributed by atoms with Crippen molar-refractivity contribution in [1.29, 1.82) is 0 Å². The van der Waals surface area contributed by atoms with Crippen LogP contribution in [-0.4, -0.2) is 22.0 Å². The first-order valence-corrected chi connectivity index (χ1v) is 7.27. The Morgan fingerprint density at radius 3 is 2.26 bits per heavy atom. The van der Waals surface area contributed by atoms with Gasteiger partial charge in [0.05, 0.1) is 0 Å². The van der Waals surface area contributed by atoms with Gasteiger partial charge in [-0.15, -0.1) is 0 Å². The van der Waals surface area contributed by atoms with Crippen molar-refractivity contribution in [1.82, 2.24) is 10.3 Å². The Kier molecular flexibility index (Phi) is 4.69. The first-order valence-electron chi connectivity index (χ1n) is 7.27. The molecule has 0 bridgehead atoms. The molecule has 0 aliphatic heterocycles. The fourth-order valence-corrected chi connectivity index (χ4v) is 2.06. The summed E-state index contributed by atoms with van der Waals surface area (Å²) in [5.41, 5.74) is 1.93. The number of benzene rings is 1. The van der Waals surface area contributed by atoms with Crippen LogP contribution in [0.25, 0.3) is 6.08 Å². The van der Waals surface area contributed by atoms with Crippen molar-refractivity contribution in [2.45, 2.75) is 26.2 Å². The number of rotatable bonds is 4. The summed E-state index contributed by atoms with van der Waals surface area (Å²) in [7, 11) is 0. The van der Waals surface area contributed by atoms with E-state index in [2.05, 4.69) is 31.1 Å². The summed E-state index contributed by atoms with van der Waals surface area (Å²) in [5, 5.41) is 11.7. The van der Waals surface area contributed by atoms with E-state index in [0.717, 1.165) is 5.56 Å². The van der Waals surface area contributed by atoms with E-state index < -0.39 is 11.9 Å². The number of carboxylic acids is 1. The van der Waals surface area contributed by atoms with Gasteiger partial charge in [-0.3, -0.25) is 4.79 Å². The van der Waals surface area contributed by atoms with E-state index in [1.807, 2.05) is 12.1 Å². The van der Waals surface area contributed by atoms with Crippen LogP contribution in [0.1, 0.15) is 42.4 Å². The van der Waals surface area contributed by atoms with E-state index in [9.17, 15) is 14.7 Å². The van der Waals surface area contributed by atoms with Gasteiger partial charge in [-0.05, 0) is 41.3 Å².